The number of sulfonamides is 1. The lowest BCUT2D eigenvalue weighted by Gasteiger charge is -2.20. The zero-order valence-electron chi connectivity index (χ0n) is 16.9. The van der Waals surface area contributed by atoms with Crippen LogP contribution in [0.1, 0.15) is 12.5 Å². The molecule has 8 heteroatoms. The topological polar surface area (TPSA) is 84.5 Å². The Morgan fingerprint density at radius 3 is 2.29 bits per heavy atom. The van der Waals surface area contributed by atoms with Crippen molar-refractivity contribution in [1.82, 2.24) is 4.72 Å². The van der Waals surface area contributed by atoms with Crippen molar-refractivity contribution in [3.63, 3.8) is 0 Å². The van der Waals surface area contributed by atoms with Gasteiger partial charge in [-0.05, 0) is 49.2 Å². The van der Waals surface area contributed by atoms with Gasteiger partial charge in [-0.3, -0.25) is 4.79 Å². The molecular formula is C23H23ClN2O4S. The molecule has 0 fully saturated rings. The predicted octanol–water partition coefficient (Wildman–Crippen LogP) is 4.27. The Balaban J connectivity index is 1.92. The van der Waals surface area contributed by atoms with Crippen molar-refractivity contribution in [2.45, 2.75) is 24.3 Å². The highest BCUT2D eigenvalue weighted by Crippen LogP contribution is 2.27. The normalized spacial score (nSPS) is 12.2. The van der Waals surface area contributed by atoms with Crippen LogP contribution in [0.25, 0.3) is 0 Å². The third-order valence-electron chi connectivity index (χ3n) is 4.43. The summed E-state index contributed by atoms with van der Waals surface area (Å²) < 4.78 is 34.4. The number of amides is 1. The maximum atomic E-state index is 13.2. The number of carbonyl (C=O) groups is 1. The van der Waals surface area contributed by atoms with Crippen molar-refractivity contribution in [2.75, 3.05) is 11.9 Å². The van der Waals surface area contributed by atoms with Crippen LogP contribution in [0.3, 0.4) is 0 Å². The van der Waals surface area contributed by atoms with Crippen LogP contribution in [0.4, 0.5) is 5.69 Å². The Labute approximate surface area is 187 Å². The zero-order chi connectivity index (χ0) is 22.3. The van der Waals surface area contributed by atoms with E-state index in [1.165, 1.54) is 12.1 Å². The highest BCUT2D eigenvalue weighted by Gasteiger charge is 2.28. The number of para-hydroxylation sites is 1. The summed E-state index contributed by atoms with van der Waals surface area (Å²) in [7, 11) is -4.11. The third-order valence-corrected chi connectivity index (χ3v) is 6.16. The number of hydrogen-bond donors (Lipinski definition) is 2. The van der Waals surface area contributed by atoms with E-state index in [-0.39, 0.29) is 28.7 Å². The Morgan fingerprint density at radius 2 is 1.65 bits per heavy atom. The number of hydrogen-bond acceptors (Lipinski definition) is 4. The van der Waals surface area contributed by atoms with Crippen LogP contribution in [-0.4, -0.2) is 27.0 Å². The summed E-state index contributed by atoms with van der Waals surface area (Å²) in [6.45, 7) is 2.04. The van der Waals surface area contributed by atoms with Gasteiger partial charge in [0.05, 0.1) is 6.61 Å². The van der Waals surface area contributed by atoms with Crippen molar-refractivity contribution in [2.24, 2.45) is 0 Å². The first-order chi connectivity index (χ1) is 14.9. The number of rotatable bonds is 9. The second kappa shape index (κ2) is 10.4. The van der Waals surface area contributed by atoms with Crippen molar-refractivity contribution >= 4 is 33.2 Å². The van der Waals surface area contributed by atoms with Gasteiger partial charge in [-0.25, -0.2) is 8.42 Å². The molecule has 3 aromatic rings. The van der Waals surface area contributed by atoms with E-state index in [9.17, 15) is 13.2 Å². The second-order valence-corrected chi connectivity index (χ2v) is 8.86. The molecule has 0 bridgehead atoms. The molecular weight excluding hydrogens is 436 g/mol. The summed E-state index contributed by atoms with van der Waals surface area (Å²) in [6.07, 6.45) is 0.170. The summed E-state index contributed by atoms with van der Waals surface area (Å²) in [6, 6.07) is 21.4. The molecule has 0 spiro atoms. The molecule has 3 rings (SSSR count). The fraction of sp³-hybridized carbons (Fsp3) is 0.174. The van der Waals surface area contributed by atoms with Gasteiger partial charge in [0.1, 0.15) is 16.7 Å². The molecule has 0 aromatic heterocycles. The van der Waals surface area contributed by atoms with Gasteiger partial charge in [-0.2, -0.15) is 4.72 Å². The fourth-order valence-corrected chi connectivity index (χ4v) is 4.61. The third kappa shape index (κ3) is 6.30. The zero-order valence-corrected chi connectivity index (χ0v) is 18.5. The monoisotopic (exact) mass is 458 g/mol. The van der Waals surface area contributed by atoms with Gasteiger partial charge >= 0.3 is 0 Å². The van der Waals surface area contributed by atoms with Crippen LogP contribution < -0.4 is 14.8 Å². The van der Waals surface area contributed by atoms with E-state index in [0.29, 0.717) is 5.69 Å². The second-order valence-electron chi connectivity index (χ2n) is 6.74. The van der Waals surface area contributed by atoms with E-state index in [1.54, 1.807) is 37.3 Å². The smallest absolute Gasteiger partial charge is 0.245 e. The van der Waals surface area contributed by atoms with Crippen LogP contribution in [-0.2, 0) is 21.2 Å². The molecule has 6 nitrogen and oxygen atoms in total. The first-order valence-corrected chi connectivity index (χ1v) is 11.6. The highest BCUT2D eigenvalue weighted by molar-refractivity contribution is 7.89. The van der Waals surface area contributed by atoms with E-state index < -0.39 is 22.0 Å². The summed E-state index contributed by atoms with van der Waals surface area (Å²) in [5.74, 6) is -0.306. The minimum Gasteiger partial charge on any atom is -0.492 e. The fourth-order valence-electron chi connectivity index (χ4n) is 3.01. The number of ether oxygens (including phenoxy) is 1. The lowest BCUT2D eigenvalue weighted by Crippen LogP contribution is -2.45. The van der Waals surface area contributed by atoms with E-state index in [1.807, 2.05) is 36.4 Å². The largest absolute Gasteiger partial charge is 0.492 e. The number of halogens is 1. The molecule has 1 unspecified atom stereocenters. The summed E-state index contributed by atoms with van der Waals surface area (Å²) in [5, 5.41) is 3.01. The van der Waals surface area contributed by atoms with E-state index in [0.717, 1.165) is 5.56 Å². The molecule has 162 valence electrons. The lowest BCUT2D eigenvalue weighted by atomic mass is 10.1. The van der Waals surface area contributed by atoms with Gasteiger partial charge < -0.3 is 10.1 Å². The molecule has 0 radical (unpaired) electrons. The van der Waals surface area contributed by atoms with E-state index in [2.05, 4.69) is 10.0 Å². The van der Waals surface area contributed by atoms with Crippen molar-refractivity contribution in [1.29, 1.82) is 0 Å². The molecule has 0 aliphatic rings. The number of nitrogens with one attached hydrogen (secondary N) is 2. The van der Waals surface area contributed by atoms with Crippen molar-refractivity contribution in [3.8, 4) is 5.75 Å². The Bertz CT molecular complexity index is 1120. The minimum atomic E-state index is -4.11. The summed E-state index contributed by atoms with van der Waals surface area (Å²) >= 11 is 6.03. The number of benzene rings is 3. The molecule has 1 amide bonds. The standard InChI is InChI=1S/C23H23ClN2O4S/c1-2-30-21-14-13-18(24)16-22(21)31(28,29)26-20(15-17-9-5-3-6-10-17)23(27)25-19-11-7-4-8-12-19/h3-14,16,20,26H,2,15H2,1H3,(H,25,27). The maximum absolute atomic E-state index is 13.2. The number of anilines is 1. The summed E-state index contributed by atoms with van der Waals surface area (Å²) in [4.78, 5) is 12.9. The molecule has 0 aliphatic heterocycles. The molecule has 0 heterocycles. The molecule has 0 saturated carbocycles. The maximum Gasteiger partial charge on any atom is 0.245 e. The first-order valence-electron chi connectivity index (χ1n) is 9.73. The Hall–Kier alpha value is -2.87. The van der Waals surface area contributed by atoms with Gasteiger partial charge in [0.25, 0.3) is 0 Å². The minimum absolute atomic E-state index is 0.118. The van der Waals surface area contributed by atoms with Gasteiger partial charge in [0, 0.05) is 10.7 Å². The quantitative estimate of drug-likeness (QED) is 0.501. The Kier molecular flexibility index (Phi) is 7.68. The lowest BCUT2D eigenvalue weighted by molar-refractivity contribution is -0.117. The van der Waals surface area contributed by atoms with Crippen LogP contribution in [0.15, 0.2) is 83.8 Å². The van der Waals surface area contributed by atoms with Crippen LogP contribution >= 0.6 is 11.6 Å². The molecule has 0 saturated heterocycles. The first kappa shape index (κ1) is 22.8. The van der Waals surface area contributed by atoms with Crippen molar-refractivity contribution < 1.29 is 17.9 Å². The summed E-state index contributed by atoms with van der Waals surface area (Å²) in [5.41, 5.74) is 1.39. The predicted molar refractivity (Wildman–Crippen MR) is 122 cm³/mol. The van der Waals surface area contributed by atoms with Crippen LogP contribution in [0.5, 0.6) is 5.75 Å². The highest BCUT2D eigenvalue weighted by atomic mass is 35.5. The molecule has 31 heavy (non-hydrogen) atoms. The van der Waals surface area contributed by atoms with E-state index in [4.69, 9.17) is 16.3 Å². The molecule has 1 atom stereocenters. The molecule has 2 N–H and O–H groups in total. The van der Waals surface area contributed by atoms with Gasteiger partial charge in [-0.1, -0.05) is 60.1 Å². The van der Waals surface area contributed by atoms with Crippen LogP contribution in [0.2, 0.25) is 5.02 Å². The van der Waals surface area contributed by atoms with Gasteiger partial charge in [-0.15, -0.1) is 0 Å². The van der Waals surface area contributed by atoms with Crippen LogP contribution in [0, 0.1) is 0 Å². The van der Waals surface area contributed by atoms with E-state index >= 15 is 0 Å². The average Bonchev–Trinajstić information content (AvgIpc) is 2.76. The molecule has 3 aromatic carbocycles. The molecule has 0 aliphatic carbocycles. The Morgan fingerprint density at radius 1 is 1.00 bits per heavy atom. The number of carbonyl (C=O) groups excluding carboxylic acids is 1. The van der Waals surface area contributed by atoms with Crippen molar-refractivity contribution in [3.05, 3.63) is 89.4 Å². The SMILES string of the molecule is CCOc1ccc(Cl)cc1S(=O)(=O)NC(Cc1ccccc1)C(=O)Nc1ccccc1. The average molecular weight is 459 g/mol. The van der Waals surface area contributed by atoms with Gasteiger partial charge in [0.15, 0.2) is 0 Å². The van der Waals surface area contributed by atoms with Gasteiger partial charge in [0.2, 0.25) is 15.9 Å².